The van der Waals surface area contributed by atoms with E-state index in [4.69, 9.17) is 9.51 Å². The minimum Gasteiger partial charge on any atom is -0.339 e. The molecular formula is C19H23N5O. The normalized spacial score (nSPS) is 21.9. The highest BCUT2D eigenvalue weighted by Gasteiger charge is 2.32. The summed E-state index contributed by atoms with van der Waals surface area (Å²) in [6, 6.07) is 4.18. The van der Waals surface area contributed by atoms with Crippen LogP contribution in [0.4, 0.5) is 0 Å². The van der Waals surface area contributed by atoms with E-state index in [1.165, 1.54) is 24.8 Å². The predicted octanol–water partition coefficient (Wildman–Crippen LogP) is 3.28. The van der Waals surface area contributed by atoms with Crippen molar-refractivity contribution in [1.29, 1.82) is 0 Å². The van der Waals surface area contributed by atoms with Crippen LogP contribution in [0.25, 0.3) is 5.65 Å². The van der Waals surface area contributed by atoms with E-state index in [-0.39, 0.29) is 0 Å². The van der Waals surface area contributed by atoms with Gasteiger partial charge in [-0.1, -0.05) is 11.2 Å². The van der Waals surface area contributed by atoms with Crippen LogP contribution in [-0.4, -0.2) is 37.5 Å². The molecule has 4 heterocycles. The molecule has 1 aliphatic carbocycles. The molecule has 25 heavy (non-hydrogen) atoms. The van der Waals surface area contributed by atoms with Crippen LogP contribution >= 0.6 is 0 Å². The lowest BCUT2D eigenvalue weighted by atomic mass is 9.97. The first-order chi connectivity index (χ1) is 12.3. The van der Waals surface area contributed by atoms with Gasteiger partial charge in [-0.05, 0) is 50.8 Å². The summed E-state index contributed by atoms with van der Waals surface area (Å²) < 4.78 is 7.57. The lowest BCUT2D eigenvalue weighted by Gasteiger charge is -2.30. The highest BCUT2D eigenvalue weighted by Crippen LogP contribution is 2.39. The number of pyridine rings is 1. The van der Waals surface area contributed by atoms with E-state index in [1.54, 1.807) is 0 Å². The molecule has 2 fully saturated rings. The van der Waals surface area contributed by atoms with Gasteiger partial charge in [0.1, 0.15) is 5.65 Å². The van der Waals surface area contributed by atoms with Gasteiger partial charge in [0.15, 0.2) is 5.82 Å². The Morgan fingerprint density at radius 3 is 2.96 bits per heavy atom. The van der Waals surface area contributed by atoms with Crippen LogP contribution in [0.5, 0.6) is 0 Å². The molecule has 130 valence electrons. The number of hydrogen-bond acceptors (Lipinski definition) is 5. The minimum absolute atomic E-state index is 0.378. The molecule has 3 aromatic heterocycles. The smallest absolute Gasteiger partial charge is 0.229 e. The number of nitrogens with zero attached hydrogens (tertiary/aromatic N) is 5. The second kappa shape index (κ2) is 5.95. The Hall–Kier alpha value is -2.21. The summed E-state index contributed by atoms with van der Waals surface area (Å²) in [6.07, 6.45) is 8.92. The van der Waals surface area contributed by atoms with Crippen molar-refractivity contribution in [2.45, 2.75) is 51.0 Å². The number of aromatic nitrogens is 4. The molecule has 1 atom stereocenters. The van der Waals surface area contributed by atoms with Gasteiger partial charge in [0.05, 0.1) is 5.69 Å². The van der Waals surface area contributed by atoms with E-state index < -0.39 is 0 Å². The maximum Gasteiger partial charge on any atom is 0.229 e. The van der Waals surface area contributed by atoms with Gasteiger partial charge in [0, 0.05) is 37.3 Å². The Balaban J connectivity index is 1.30. The van der Waals surface area contributed by atoms with Crippen molar-refractivity contribution in [3.05, 3.63) is 47.5 Å². The average Bonchev–Trinajstić information content (AvgIpc) is 3.19. The van der Waals surface area contributed by atoms with Crippen LogP contribution in [0.2, 0.25) is 0 Å². The van der Waals surface area contributed by atoms with Gasteiger partial charge < -0.3 is 8.92 Å². The molecule has 5 rings (SSSR count). The minimum atomic E-state index is 0.378. The molecule has 0 bridgehead atoms. The fraction of sp³-hybridized carbons (Fsp3) is 0.526. The quantitative estimate of drug-likeness (QED) is 0.731. The van der Waals surface area contributed by atoms with Crippen LogP contribution in [0.3, 0.4) is 0 Å². The highest BCUT2D eigenvalue weighted by atomic mass is 16.5. The molecule has 6 nitrogen and oxygen atoms in total. The summed E-state index contributed by atoms with van der Waals surface area (Å²) in [5, 5.41) is 4.26. The molecule has 0 radical (unpaired) electrons. The second-order valence-corrected chi connectivity index (χ2v) is 7.49. The molecule has 0 amide bonds. The largest absolute Gasteiger partial charge is 0.339 e. The number of fused-ring (bicyclic) bond motifs is 1. The van der Waals surface area contributed by atoms with Gasteiger partial charge in [-0.3, -0.25) is 4.90 Å². The first kappa shape index (κ1) is 15.1. The Bertz CT molecular complexity index is 894. The van der Waals surface area contributed by atoms with E-state index in [9.17, 15) is 0 Å². The van der Waals surface area contributed by atoms with Crippen molar-refractivity contribution in [2.24, 2.45) is 0 Å². The Morgan fingerprint density at radius 2 is 2.12 bits per heavy atom. The molecule has 0 N–H and O–H groups in total. The van der Waals surface area contributed by atoms with Gasteiger partial charge in [0.25, 0.3) is 0 Å². The van der Waals surface area contributed by atoms with E-state index in [1.807, 2.05) is 0 Å². The molecule has 1 saturated carbocycles. The fourth-order valence-electron chi connectivity index (χ4n) is 3.83. The Kier molecular flexibility index (Phi) is 3.59. The molecule has 0 unspecified atom stereocenters. The zero-order valence-electron chi connectivity index (χ0n) is 14.6. The number of rotatable bonds is 4. The molecule has 6 heteroatoms. The van der Waals surface area contributed by atoms with Crippen molar-refractivity contribution in [3.63, 3.8) is 0 Å². The number of aryl methyl sites for hydroxylation is 1. The Morgan fingerprint density at radius 1 is 1.20 bits per heavy atom. The van der Waals surface area contributed by atoms with Gasteiger partial charge >= 0.3 is 0 Å². The number of hydrogen-bond donors (Lipinski definition) is 0. The maximum atomic E-state index is 5.45. The third-order valence-electron chi connectivity index (χ3n) is 5.37. The molecule has 3 aromatic rings. The third kappa shape index (κ3) is 2.95. The average molecular weight is 337 g/mol. The van der Waals surface area contributed by atoms with Gasteiger partial charge in [0.2, 0.25) is 5.89 Å². The summed E-state index contributed by atoms with van der Waals surface area (Å²) >= 11 is 0. The summed E-state index contributed by atoms with van der Waals surface area (Å²) in [6.45, 7) is 5.08. The van der Waals surface area contributed by atoms with Gasteiger partial charge in [-0.15, -0.1) is 0 Å². The first-order valence-electron chi connectivity index (χ1n) is 9.25. The SMILES string of the molecule is Cc1cccn2cc(CN3CCC[C@@H](c4noc(C5CC5)n4)C3)nc12. The van der Waals surface area contributed by atoms with Crippen molar-refractivity contribution in [3.8, 4) is 0 Å². The molecule has 2 aliphatic rings. The number of imidazole rings is 1. The predicted molar refractivity (Wildman–Crippen MR) is 93.5 cm³/mol. The summed E-state index contributed by atoms with van der Waals surface area (Å²) in [4.78, 5) is 11.9. The van der Waals surface area contributed by atoms with Crippen molar-refractivity contribution >= 4 is 5.65 Å². The third-order valence-corrected chi connectivity index (χ3v) is 5.37. The standard InChI is InChI=1S/C19H23N5O/c1-13-4-2-9-24-12-16(20-18(13)24)11-23-8-3-5-15(10-23)17-21-19(25-22-17)14-6-7-14/h2,4,9,12,14-15H,3,5-8,10-11H2,1H3/t15-/m1/s1. The van der Waals surface area contributed by atoms with Crippen molar-refractivity contribution in [2.75, 3.05) is 13.1 Å². The monoisotopic (exact) mass is 337 g/mol. The van der Waals surface area contributed by atoms with Crippen LogP contribution in [-0.2, 0) is 6.54 Å². The molecular weight excluding hydrogens is 314 g/mol. The number of likely N-dealkylation sites (tertiary alicyclic amines) is 1. The fourth-order valence-corrected chi connectivity index (χ4v) is 3.83. The summed E-state index contributed by atoms with van der Waals surface area (Å²) in [7, 11) is 0. The lowest BCUT2D eigenvalue weighted by Crippen LogP contribution is -2.34. The van der Waals surface area contributed by atoms with Gasteiger partial charge in [-0.2, -0.15) is 4.98 Å². The van der Waals surface area contributed by atoms with Gasteiger partial charge in [-0.25, -0.2) is 4.98 Å². The summed E-state index contributed by atoms with van der Waals surface area (Å²) in [5.74, 6) is 2.66. The first-order valence-corrected chi connectivity index (χ1v) is 9.25. The van der Waals surface area contributed by atoms with Crippen molar-refractivity contribution < 1.29 is 4.52 Å². The topological polar surface area (TPSA) is 59.5 Å². The van der Waals surface area contributed by atoms with Crippen LogP contribution in [0.1, 0.15) is 60.5 Å². The zero-order chi connectivity index (χ0) is 16.8. The summed E-state index contributed by atoms with van der Waals surface area (Å²) in [5.41, 5.74) is 3.39. The van der Waals surface area contributed by atoms with E-state index in [0.29, 0.717) is 11.8 Å². The zero-order valence-corrected chi connectivity index (χ0v) is 14.6. The maximum absolute atomic E-state index is 5.45. The highest BCUT2D eigenvalue weighted by molar-refractivity contribution is 5.47. The van der Waals surface area contributed by atoms with Crippen LogP contribution < -0.4 is 0 Å². The molecule has 0 aromatic carbocycles. The van der Waals surface area contributed by atoms with E-state index >= 15 is 0 Å². The molecule has 1 aliphatic heterocycles. The number of piperidine rings is 1. The van der Waals surface area contributed by atoms with Crippen LogP contribution in [0.15, 0.2) is 29.0 Å². The Labute approximate surface area is 146 Å². The van der Waals surface area contributed by atoms with Crippen LogP contribution in [0, 0.1) is 6.92 Å². The lowest BCUT2D eigenvalue weighted by molar-refractivity contribution is 0.193. The van der Waals surface area contributed by atoms with Crippen molar-refractivity contribution in [1.82, 2.24) is 24.4 Å². The second-order valence-electron chi connectivity index (χ2n) is 7.49. The van der Waals surface area contributed by atoms with E-state index in [0.717, 1.165) is 49.1 Å². The molecule has 1 saturated heterocycles. The molecule has 0 spiro atoms. The van der Waals surface area contributed by atoms with E-state index in [2.05, 4.69) is 50.9 Å².